The quantitative estimate of drug-likeness (QED) is 0.261. The van der Waals surface area contributed by atoms with Gasteiger partial charge in [-0.25, -0.2) is 9.78 Å². The number of aromatic nitrogens is 3. The molecule has 35 heavy (non-hydrogen) atoms. The zero-order valence-corrected chi connectivity index (χ0v) is 20.2. The Hall–Kier alpha value is -3.11. The van der Waals surface area contributed by atoms with Gasteiger partial charge < -0.3 is 4.74 Å². The zero-order chi connectivity index (χ0) is 25.0. The second kappa shape index (κ2) is 10.7. The molecule has 0 spiro atoms. The van der Waals surface area contributed by atoms with Gasteiger partial charge in [0.05, 0.1) is 22.9 Å². The molecule has 1 N–H and O–H groups in total. The van der Waals surface area contributed by atoms with Gasteiger partial charge in [-0.3, -0.25) is 9.51 Å². The van der Waals surface area contributed by atoms with Crippen molar-refractivity contribution in [3.05, 3.63) is 74.2 Å². The highest BCUT2D eigenvalue weighted by Crippen LogP contribution is 2.34. The Bertz CT molecular complexity index is 1350. The molecule has 0 aliphatic rings. The lowest BCUT2D eigenvalue weighted by Crippen LogP contribution is -2.03. The van der Waals surface area contributed by atoms with Crippen LogP contribution in [0, 0.1) is 0 Å². The first kappa shape index (κ1) is 25.0. The minimum Gasteiger partial charge on any atom is -0.493 e. The van der Waals surface area contributed by atoms with Gasteiger partial charge in [-0.2, -0.15) is 13.2 Å². The third kappa shape index (κ3) is 6.12. The first-order chi connectivity index (χ1) is 16.7. The third-order valence-corrected chi connectivity index (χ3v) is 6.76. The van der Waals surface area contributed by atoms with Gasteiger partial charge in [-0.05, 0) is 43.2 Å². The summed E-state index contributed by atoms with van der Waals surface area (Å²) in [5, 5.41) is 4.66. The minimum absolute atomic E-state index is 0.229. The molecule has 0 unspecified atom stereocenters. The number of nitrogens with zero attached hydrogens (tertiary/aromatic N) is 2. The molecule has 0 amide bonds. The van der Waals surface area contributed by atoms with Gasteiger partial charge in [-0.1, -0.05) is 42.2 Å². The molecule has 11 heteroatoms. The number of aryl methyl sites for hydroxylation is 1. The van der Waals surface area contributed by atoms with E-state index in [0.29, 0.717) is 39.9 Å². The average molecular weight is 524 g/mol. The largest absolute Gasteiger partial charge is 0.493 e. The molecule has 0 fully saturated rings. The molecule has 0 radical (unpaired) electrons. The highest BCUT2D eigenvalue weighted by Gasteiger charge is 2.30. The van der Waals surface area contributed by atoms with Crippen molar-refractivity contribution in [2.24, 2.45) is 0 Å². The van der Waals surface area contributed by atoms with Crippen LogP contribution in [0.3, 0.4) is 0 Å². The highest BCUT2D eigenvalue weighted by molar-refractivity contribution is 7.15. The fraction of sp³-hybridized carbons (Fsp3) is 0.292. The summed E-state index contributed by atoms with van der Waals surface area (Å²) in [5.41, 5.74) is 1.42. The van der Waals surface area contributed by atoms with Crippen LogP contribution in [0.25, 0.3) is 22.0 Å². The van der Waals surface area contributed by atoms with E-state index in [0.717, 1.165) is 42.0 Å². The fourth-order valence-electron chi connectivity index (χ4n) is 3.43. The second-order valence-corrected chi connectivity index (χ2v) is 9.24. The van der Waals surface area contributed by atoms with E-state index in [1.807, 2.05) is 0 Å². The molecule has 2 heterocycles. The smallest absolute Gasteiger partial charge is 0.439 e. The van der Waals surface area contributed by atoms with E-state index in [4.69, 9.17) is 21.3 Å². The van der Waals surface area contributed by atoms with Crippen molar-refractivity contribution >= 4 is 22.9 Å². The number of nitrogens with one attached hydrogen (secondary N) is 1. The Balaban J connectivity index is 1.46. The Morgan fingerprint density at radius 2 is 1.91 bits per heavy atom. The number of H-pyrrole nitrogens is 1. The maximum Gasteiger partial charge on any atom is 0.439 e. The SMILES string of the molecule is CCCCc1nc(-c2ccc(C(F)(F)F)cc2)sc1CCOc1ccc(-c2noc(=O)[nH]2)c(Cl)c1. The van der Waals surface area contributed by atoms with Crippen LogP contribution < -0.4 is 10.5 Å². The van der Waals surface area contributed by atoms with Crippen molar-refractivity contribution in [1.29, 1.82) is 0 Å². The van der Waals surface area contributed by atoms with E-state index in [1.54, 1.807) is 18.2 Å². The summed E-state index contributed by atoms with van der Waals surface area (Å²) in [7, 11) is 0. The molecule has 0 saturated carbocycles. The summed E-state index contributed by atoms with van der Waals surface area (Å²) in [6, 6.07) is 10.1. The monoisotopic (exact) mass is 523 g/mol. The van der Waals surface area contributed by atoms with E-state index in [9.17, 15) is 18.0 Å². The van der Waals surface area contributed by atoms with Crippen LogP contribution in [0.1, 0.15) is 35.9 Å². The zero-order valence-electron chi connectivity index (χ0n) is 18.6. The molecular formula is C24H21ClF3N3O3S. The summed E-state index contributed by atoms with van der Waals surface area (Å²) >= 11 is 7.77. The number of thiazole rings is 1. The van der Waals surface area contributed by atoms with E-state index >= 15 is 0 Å². The van der Waals surface area contributed by atoms with Crippen molar-refractivity contribution < 1.29 is 22.4 Å². The standard InChI is InChI=1S/C24H21ClF3N3O3S/c1-2-3-4-19-20(35-22(29-19)14-5-7-15(8-6-14)24(26,27)28)11-12-33-16-9-10-17(18(25)13-16)21-30-23(32)34-31-21/h5-10,13H,2-4,11-12H2,1H3,(H,30,31,32). The Morgan fingerprint density at radius 1 is 1.14 bits per heavy atom. The first-order valence-electron chi connectivity index (χ1n) is 10.9. The van der Waals surface area contributed by atoms with Crippen molar-refractivity contribution in [2.45, 2.75) is 38.8 Å². The van der Waals surface area contributed by atoms with Crippen LogP contribution in [-0.2, 0) is 19.0 Å². The van der Waals surface area contributed by atoms with E-state index in [1.165, 1.54) is 23.5 Å². The predicted molar refractivity (Wildman–Crippen MR) is 128 cm³/mol. The molecule has 0 aliphatic carbocycles. The van der Waals surface area contributed by atoms with Crippen LogP contribution in [0.4, 0.5) is 13.2 Å². The molecule has 6 nitrogen and oxygen atoms in total. The molecule has 4 aromatic rings. The summed E-state index contributed by atoms with van der Waals surface area (Å²) in [5.74, 6) is 0.107. The van der Waals surface area contributed by atoms with Crippen LogP contribution in [0.15, 0.2) is 51.8 Å². The second-order valence-electron chi connectivity index (χ2n) is 7.75. The van der Waals surface area contributed by atoms with Crippen LogP contribution in [-0.4, -0.2) is 21.7 Å². The molecule has 0 atom stereocenters. The summed E-state index contributed by atoms with van der Waals surface area (Å²) in [6.45, 7) is 2.46. The molecule has 0 bridgehead atoms. The highest BCUT2D eigenvalue weighted by atomic mass is 35.5. The summed E-state index contributed by atoms with van der Waals surface area (Å²) in [4.78, 5) is 19.4. The number of aromatic amines is 1. The minimum atomic E-state index is -4.37. The maximum atomic E-state index is 12.9. The lowest BCUT2D eigenvalue weighted by molar-refractivity contribution is -0.137. The van der Waals surface area contributed by atoms with Gasteiger partial charge in [0.2, 0.25) is 0 Å². The molecule has 4 rings (SSSR count). The number of benzene rings is 2. The van der Waals surface area contributed by atoms with E-state index in [2.05, 4.69) is 21.6 Å². The fourth-order valence-corrected chi connectivity index (χ4v) is 4.78. The molecule has 2 aromatic carbocycles. The Morgan fingerprint density at radius 3 is 2.54 bits per heavy atom. The third-order valence-electron chi connectivity index (χ3n) is 5.24. The number of hydrogen-bond acceptors (Lipinski definition) is 6. The molecule has 0 aliphatic heterocycles. The van der Waals surface area contributed by atoms with Crippen molar-refractivity contribution in [2.75, 3.05) is 6.61 Å². The Labute approximate surface area is 207 Å². The van der Waals surface area contributed by atoms with Gasteiger partial charge >= 0.3 is 11.9 Å². The van der Waals surface area contributed by atoms with Gasteiger partial charge in [0, 0.05) is 22.4 Å². The van der Waals surface area contributed by atoms with Crippen LogP contribution in [0.2, 0.25) is 5.02 Å². The average Bonchev–Trinajstić information content (AvgIpc) is 3.43. The van der Waals surface area contributed by atoms with E-state index < -0.39 is 17.5 Å². The number of halogens is 4. The van der Waals surface area contributed by atoms with E-state index in [-0.39, 0.29) is 5.82 Å². The first-order valence-corrected chi connectivity index (χ1v) is 12.1. The molecule has 2 aromatic heterocycles. The van der Waals surface area contributed by atoms with Gasteiger partial charge in [0.15, 0.2) is 5.82 Å². The van der Waals surface area contributed by atoms with Gasteiger partial charge in [0.25, 0.3) is 0 Å². The molecule has 0 saturated heterocycles. The number of unbranched alkanes of at least 4 members (excludes halogenated alkanes) is 1. The van der Waals surface area contributed by atoms with Crippen molar-refractivity contribution in [3.63, 3.8) is 0 Å². The van der Waals surface area contributed by atoms with Gasteiger partial charge in [-0.15, -0.1) is 11.3 Å². The lowest BCUT2D eigenvalue weighted by Gasteiger charge is -2.08. The summed E-state index contributed by atoms with van der Waals surface area (Å²) in [6.07, 6.45) is -1.02. The molecule has 184 valence electrons. The normalized spacial score (nSPS) is 11.7. The maximum absolute atomic E-state index is 12.9. The number of alkyl halides is 3. The number of ether oxygens (including phenoxy) is 1. The van der Waals surface area contributed by atoms with Crippen molar-refractivity contribution in [1.82, 2.24) is 15.1 Å². The Kier molecular flexibility index (Phi) is 7.61. The van der Waals surface area contributed by atoms with Crippen molar-refractivity contribution in [3.8, 4) is 27.7 Å². The van der Waals surface area contributed by atoms with Crippen LogP contribution >= 0.6 is 22.9 Å². The number of rotatable bonds is 9. The topological polar surface area (TPSA) is 81.0 Å². The summed E-state index contributed by atoms with van der Waals surface area (Å²) < 4.78 is 49.0. The predicted octanol–water partition coefficient (Wildman–Crippen LogP) is 6.79. The van der Waals surface area contributed by atoms with Gasteiger partial charge in [0.1, 0.15) is 10.8 Å². The molecular weight excluding hydrogens is 503 g/mol. The van der Waals surface area contributed by atoms with Crippen LogP contribution in [0.5, 0.6) is 5.75 Å². The lowest BCUT2D eigenvalue weighted by atomic mass is 10.1. The number of hydrogen-bond donors (Lipinski definition) is 1.